The SMILES string of the molecule is CCCNC(c1ccsc1)c1ncn[nH]1. The van der Waals surface area contributed by atoms with Crippen LogP contribution in [0.2, 0.25) is 0 Å². The van der Waals surface area contributed by atoms with Crippen molar-refractivity contribution in [2.45, 2.75) is 19.4 Å². The maximum atomic E-state index is 4.20. The summed E-state index contributed by atoms with van der Waals surface area (Å²) in [6.07, 6.45) is 2.65. The maximum Gasteiger partial charge on any atom is 0.146 e. The Morgan fingerprint density at radius 2 is 2.53 bits per heavy atom. The van der Waals surface area contributed by atoms with Gasteiger partial charge in [-0.15, -0.1) is 0 Å². The smallest absolute Gasteiger partial charge is 0.146 e. The van der Waals surface area contributed by atoms with Crippen LogP contribution in [0.4, 0.5) is 0 Å². The Hall–Kier alpha value is -1.20. The number of hydrogen-bond donors (Lipinski definition) is 2. The molecule has 0 saturated carbocycles. The van der Waals surface area contributed by atoms with E-state index in [0.717, 1.165) is 18.8 Å². The van der Waals surface area contributed by atoms with E-state index in [4.69, 9.17) is 0 Å². The molecule has 2 heterocycles. The highest BCUT2D eigenvalue weighted by Gasteiger charge is 2.15. The molecule has 0 saturated heterocycles. The minimum absolute atomic E-state index is 0.138. The van der Waals surface area contributed by atoms with Crippen LogP contribution < -0.4 is 5.32 Å². The molecule has 80 valence electrons. The molecule has 2 aromatic heterocycles. The molecule has 0 aliphatic rings. The van der Waals surface area contributed by atoms with Crippen LogP contribution in [0.5, 0.6) is 0 Å². The second kappa shape index (κ2) is 5.04. The molecule has 0 spiro atoms. The van der Waals surface area contributed by atoms with E-state index in [1.54, 1.807) is 17.7 Å². The highest BCUT2D eigenvalue weighted by Crippen LogP contribution is 2.20. The van der Waals surface area contributed by atoms with Gasteiger partial charge in [-0.05, 0) is 35.4 Å². The third kappa shape index (κ3) is 2.43. The fraction of sp³-hybridized carbons (Fsp3) is 0.400. The zero-order valence-electron chi connectivity index (χ0n) is 8.60. The van der Waals surface area contributed by atoms with Crippen molar-refractivity contribution in [1.29, 1.82) is 0 Å². The maximum absolute atomic E-state index is 4.20. The van der Waals surface area contributed by atoms with E-state index >= 15 is 0 Å². The van der Waals surface area contributed by atoms with E-state index in [1.807, 2.05) is 0 Å². The summed E-state index contributed by atoms with van der Waals surface area (Å²) >= 11 is 1.70. The first kappa shape index (κ1) is 10.3. The predicted molar refractivity (Wildman–Crippen MR) is 60.8 cm³/mol. The first-order valence-electron chi connectivity index (χ1n) is 5.02. The molecule has 2 aromatic rings. The topological polar surface area (TPSA) is 53.6 Å². The van der Waals surface area contributed by atoms with Gasteiger partial charge in [0.25, 0.3) is 0 Å². The molecule has 0 aliphatic heterocycles. The van der Waals surface area contributed by atoms with Gasteiger partial charge in [-0.2, -0.15) is 16.4 Å². The zero-order chi connectivity index (χ0) is 10.5. The van der Waals surface area contributed by atoms with Crippen LogP contribution in [0, 0.1) is 0 Å². The Morgan fingerprint density at radius 1 is 1.60 bits per heavy atom. The van der Waals surface area contributed by atoms with Gasteiger partial charge in [0.05, 0.1) is 6.04 Å². The van der Waals surface area contributed by atoms with Gasteiger partial charge in [-0.25, -0.2) is 4.98 Å². The molecule has 0 bridgehead atoms. The quantitative estimate of drug-likeness (QED) is 0.813. The number of nitrogens with one attached hydrogen (secondary N) is 2. The van der Waals surface area contributed by atoms with Gasteiger partial charge >= 0.3 is 0 Å². The molecule has 4 nitrogen and oxygen atoms in total. The largest absolute Gasteiger partial charge is 0.304 e. The van der Waals surface area contributed by atoms with Gasteiger partial charge in [0, 0.05) is 0 Å². The minimum Gasteiger partial charge on any atom is -0.304 e. The van der Waals surface area contributed by atoms with Crippen molar-refractivity contribution in [2.75, 3.05) is 6.54 Å². The number of rotatable bonds is 5. The van der Waals surface area contributed by atoms with Crippen LogP contribution in [0.3, 0.4) is 0 Å². The predicted octanol–water partition coefficient (Wildman–Crippen LogP) is 1.96. The lowest BCUT2D eigenvalue weighted by Crippen LogP contribution is -2.23. The molecule has 1 unspecified atom stereocenters. The fourth-order valence-corrected chi connectivity index (χ4v) is 2.14. The van der Waals surface area contributed by atoms with Crippen molar-refractivity contribution in [3.8, 4) is 0 Å². The average molecular weight is 222 g/mol. The average Bonchev–Trinajstić information content (AvgIpc) is 2.90. The number of thiophene rings is 1. The Balaban J connectivity index is 2.17. The van der Waals surface area contributed by atoms with Crippen LogP contribution in [-0.2, 0) is 0 Å². The fourth-order valence-electron chi connectivity index (χ4n) is 1.45. The van der Waals surface area contributed by atoms with Gasteiger partial charge in [-0.1, -0.05) is 6.92 Å². The summed E-state index contributed by atoms with van der Waals surface area (Å²) in [5, 5.41) is 14.5. The Labute approximate surface area is 92.8 Å². The first-order chi connectivity index (χ1) is 7.42. The van der Waals surface area contributed by atoms with Gasteiger partial charge in [0.2, 0.25) is 0 Å². The summed E-state index contributed by atoms with van der Waals surface area (Å²) in [7, 11) is 0. The Morgan fingerprint density at radius 3 is 3.13 bits per heavy atom. The molecule has 0 fully saturated rings. The molecular weight excluding hydrogens is 208 g/mol. The molecule has 2 N–H and O–H groups in total. The summed E-state index contributed by atoms with van der Waals surface area (Å²) in [5.74, 6) is 0.877. The highest BCUT2D eigenvalue weighted by molar-refractivity contribution is 7.07. The summed E-state index contributed by atoms with van der Waals surface area (Å²) < 4.78 is 0. The van der Waals surface area contributed by atoms with E-state index in [9.17, 15) is 0 Å². The number of hydrogen-bond acceptors (Lipinski definition) is 4. The minimum atomic E-state index is 0.138. The van der Waals surface area contributed by atoms with Crippen LogP contribution in [0.1, 0.15) is 30.8 Å². The van der Waals surface area contributed by atoms with Crippen molar-refractivity contribution >= 4 is 11.3 Å². The zero-order valence-corrected chi connectivity index (χ0v) is 9.42. The lowest BCUT2D eigenvalue weighted by atomic mass is 10.1. The van der Waals surface area contributed by atoms with Gasteiger partial charge < -0.3 is 5.32 Å². The number of nitrogens with zero attached hydrogens (tertiary/aromatic N) is 2. The monoisotopic (exact) mass is 222 g/mol. The van der Waals surface area contributed by atoms with E-state index in [-0.39, 0.29) is 6.04 Å². The Bertz CT molecular complexity index is 334. The molecule has 0 aliphatic carbocycles. The van der Waals surface area contributed by atoms with Crippen LogP contribution >= 0.6 is 11.3 Å². The van der Waals surface area contributed by atoms with Gasteiger partial charge in [-0.3, -0.25) is 5.10 Å². The normalized spacial score (nSPS) is 12.9. The molecule has 0 aromatic carbocycles. The summed E-state index contributed by atoms with van der Waals surface area (Å²) in [4.78, 5) is 4.20. The number of H-pyrrole nitrogens is 1. The van der Waals surface area contributed by atoms with E-state index in [1.165, 1.54) is 5.56 Å². The van der Waals surface area contributed by atoms with E-state index in [2.05, 4.69) is 44.2 Å². The van der Waals surface area contributed by atoms with Crippen molar-refractivity contribution in [2.24, 2.45) is 0 Å². The van der Waals surface area contributed by atoms with Crippen LogP contribution in [-0.4, -0.2) is 21.7 Å². The molecule has 2 rings (SSSR count). The van der Waals surface area contributed by atoms with Crippen LogP contribution in [0.15, 0.2) is 23.2 Å². The second-order valence-electron chi connectivity index (χ2n) is 3.31. The van der Waals surface area contributed by atoms with Crippen LogP contribution in [0.25, 0.3) is 0 Å². The molecule has 5 heteroatoms. The Kier molecular flexibility index (Phi) is 3.47. The molecule has 0 radical (unpaired) electrons. The lowest BCUT2D eigenvalue weighted by molar-refractivity contribution is 0.575. The van der Waals surface area contributed by atoms with Gasteiger partial charge in [0.1, 0.15) is 12.2 Å². The second-order valence-corrected chi connectivity index (χ2v) is 4.09. The van der Waals surface area contributed by atoms with E-state index in [0.29, 0.717) is 0 Å². The van der Waals surface area contributed by atoms with Crippen molar-refractivity contribution in [3.05, 3.63) is 34.5 Å². The summed E-state index contributed by atoms with van der Waals surface area (Å²) in [6, 6.07) is 2.25. The van der Waals surface area contributed by atoms with Gasteiger partial charge in [0.15, 0.2) is 0 Å². The van der Waals surface area contributed by atoms with Crippen molar-refractivity contribution < 1.29 is 0 Å². The third-order valence-electron chi connectivity index (χ3n) is 2.18. The molecule has 15 heavy (non-hydrogen) atoms. The molecular formula is C10H14N4S. The number of aromatic amines is 1. The molecule has 0 amide bonds. The van der Waals surface area contributed by atoms with Crippen molar-refractivity contribution in [3.63, 3.8) is 0 Å². The lowest BCUT2D eigenvalue weighted by Gasteiger charge is -2.14. The first-order valence-corrected chi connectivity index (χ1v) is 5.97. The molecule has 1 atom stereocenters. The third-order valence-corrected chi connectivity index (χ3v) is 2.88. The highest BCUT2D eigenvalue weighted by atomic mass is 32.1. The van der Waals surface area contributed by atoms with Crippen molar-refractivity contribution in [1.82, 2.24) is 20.5 Å². The number of aromatic nitrogens is 3. The summed E-state index contributed by atoms with van der Waals surface area (Å²) in [6.45, 7) is 3.12. The van der Waals surface area contributed by atoms with E-state index < -0.39 is 0 Å². The summed E-state index contributed by atoms with van der Waals surface area (Å²) in [5.41, 5.74) is 1.24. The standard InChI is InChI=1S/C10H14N4S/c1-2-4-11-9(8-3-5-15-6-8)10-12-7-13-14-10/h3,5-7,9,11H,2,4H2,1H3,(H,12,13,14).